The van der Waals surface area contributed by atoms with E-state index < -0.39 is 7.26 Å². The van der Waals surface area contributed by atoms with Crippen molar-refractivity contribution < 1.29 is 10.3 Å². The Morgan fingerprint density at radius 1 is 0.889 bits per heavy atom. The van der Waals surface area contributed by atoms with Gasteiger partial charge >= 0.3 is 144 Å². The summed E-state index contributed by atoms with van der Waals surface area (Å²) in [6.45, 7) is 2.24. The molecule has 0 spiro atoms. The zero-order valence-electron chi connectivity index (χ0n) is 15.3. The predicted octanol–water partition coefficient (Wildman–Crippen LogP) is 4.38. The van der Waals surface area contributed by atoms with Gasteiger partial charge in [-0.15, -0.1) is 34.0 Å². The molecule has 0 aliphatic heterocycles. The SMILES string of the molecule is Br.Br.CCC[PH](c1ccccc1)(c1ccccc1)C1C=CC=CC1=C=O.O. The molecule has 0 fully saturated rings. The molecule has 0 bridgehead atoms. The Kier molecular flexibility index (Phi) is 11.7. The minimum Gasteiger partial charge on any atom is -0.412 e. The van der Waals surface area contributed by atoms with Gasteiger partial charge in [-0.1, -0.05) is 0 Å². The number of hydrogen-bond donors (Lipinski definition) is 0. The molecule has 0 saturated carbocycles. The van der Waals surface area contributed by atoms with Crippen LogP contribution < -0.4 is 10.6 Å². The zero-order valence-corrected chi connectivity index (χ0v) is 19.7. The van der Waals surface area contributed by atoms with Gasteiger partial charge in [0.05, 0.1) is 0 Å². The molecule has 0 heterocycles. The Bertz CT molecular complexity index is 758. The van der Waals surface area contributed by atoms with Crippen molar-refractivity contribution in [2.24, 2.45) is 0 Å². The number of benzene rings is 2. The standard InChI is InChI=1S/C22H23OP.2BrH.H2O/c1-2-17-24(20-12-5-3-6-13-20,21-14-7-4-8-15-21)22-16-10-9-11-19(22)18-23;;;/h3-16,22,24H,2,17H2,1H3;2*1H;1H2. The van der Waals surface area contributed by atoms with Crippen molar-refractivity contribution in [3.63, 3.8) is 0 Å². The van der Waals surface area contributed by atoms with E-state index in [-0.39, 0.29) is 45.1 Å². The summed E-state index contributed by atoms with van der Waals surface area (Å²) in [6, 6.07) is 21.5. The second kappa shape index (κ2) is 12.2. The number of allylic oxidation sites excluding steroid dienone is 5. The molecule has 5 heteroatoms. The van der Waals surface area contributed by atoms with Crippen molar-refractivity contribution in [3.05, 3.63) is 90.5 Å². The summed E-state index contributed by atoms with van der Waals surface area (Å²) < 4.78 is 0. The second-order valence-electron chi connectivity index (χ2n) is 6.23. The van der Waals surface area contributed by atoms with Crippen LogP contribution in [0.2, 0.25) is 0 Å². The van der Waals surface area contributed by atoms with Crippen LogP contribution >= 0.6 is 41.2 Å². The summed E-state index contributed by atoms with van der Waals surface area (Å²) in [5, 5.41) is 2.77. The summed E-state index contributed by atoms with van der Waals surface area (Å²) in [7, 11) is -2.17. The van der Waals surface area contributed by atoms with Crippen LogP contribution in [0.1, 0.15) is 13.3 Å². The smallest absolute Gasteiger partial charge is 0.412 e. The largest absolute Gasteiger partial charge is 0.412 e. The van der Waals surface area contributed by atoms with Crippen LogP contribution in [-0.4, -0.2) is 23.2 Å². The molecule has 1 unspecified atom stereocenters. The molecule has 3 rings (SSSR count). The molecule has 27 heavy (non-hydrogen) atoms. The Labute approximate surface area is 183 Å². The molecule has 0 amide bonds. The minimum absolute atomic E-state index is 0. The van der Waals surface area contributed by atoms with Gasteiger partial charge in [-0.2, -0.15) is 0 Å². The van der Waals surface area contributed by atoms with E-state index in [2.05, 4.69) is 85.7 Å². The first kappa shape index (κ1) is 25.7. The van der Waals surface area contributed by atoms with Crippen LogP contribution in [0.3, 0.4) is 0 Å². The average molecular weight is 514 g/mol. The summed E-state index contributed by atoms with van der Waals surface area (Å²) in [6.07, 6.45) is 10.4. The molecule has 1 aliphatic rings. The second-order valence-corrected chi connectivity index (χ2v) is 10.5. The van der Waals surface area contributed by atoms with Gasteiger partial charge in [-0.05, 0) is 0 Å². The molecular formula is C22H27Br2O2P. The van der Waals surface area contributed by atoms with Crippen molar-refractivity contribution in [1.82, 2.24) is 0 Å². The van der Waals surface area contributed by atoms with Gasteiger partial charge < -0.3 is 5.48 Å². The van der Waals surface area contributed by atoms with Crippen LogP contribution in [0.5, 0.6) is 0 Å². The summed E-state index contributed by atoms with van der Waals surface area (Å²) >= 11 is 0. The molecule has 0 aromatic heterocycles. The first-order valence-corrected chi connectivity index (χ1v) is 10.8. The van der Waals surface area contributed by atoms with E-state index in [1.165, 1.54) is 10.6 Å². The van der Waals surface area contributed by atoms with Crippen molar-refractivity contribution in [1.29, 1.82) is 0 Å². The van der Waals surface area contributed by atoms with Gasteiger partial charge in [0.1, 0.15) is 0 Å². The minimum atomic E-state index is -2.17. The molecule has 0 radical (unpaired) electrons. The maximum atomic E-state index is 11.7. The van der Waals surface area contributed by atoms with Crippen molar-refractivity contribution in [2.75, 3.05) is 6.16 Å². The van der Waals surface area contributed by atoms with E-state index in [1.807, 2.05) is 12.2 Å². The fraction of sp³-hybridized carbons (Fsp3) is 0.182. The molecular weight excluding hydrogens is 487 g/mol. The van der Waals surface area contributed by atoms with E-state index in [1.54, 1.807) is 0 Å². The zero-order chi connectivity index (χ0) is 16.8. The van der Waals surface area contributed by atoms with Crippen LogP contribution in [0.15, 0.2) is 90.5 Å². The van der Waals surface area contributed by atoms with Gasteiger partial charge in [0.25, 0.3) is 0 Å². The summed E-state index contributed by atoms with van der Waals surface area (Å²) in [4.78, 5) is 11.7. The van der Waals surface area contributed by atoms with Crippen molar-refractivity contribution >= 4 is 57.8 Å². The van der Waals surface area contributed by atoms with Gasteiger partial charge in [0.15, 0.2) is 0 Å². The number of rotatable bonds is 5. The summed E-state index contributed by atoms with van der Waals surface area (Å²) in [5.41, 5.74) is 0.912. The van der Waals surface area contributed by atoms with Crippen LogP contribution in [0, 0.1) is 0 Å². The molecule has 146 valence electrons. The van der Waals surface area contributed by atoms with E-state index in [0.29, 0.717) is 0 Å². The third kappa shape index (κ3) is 5.16. The van der Waals surface area contributed by atoms with Gasteiger partial charge in [-0.25, -0.2) is 0 Å². The Morgan fingerprint density at radius 3 is 1.85 bits per heavy atom. The molecule has 2 aromatic rings. The van der Waals surface area contributed by atoms with Crippen LogP contribution in [0.4, 0.5) is 0 Å². The first-order chi connectivity index (χ1) is 11.8. The van der Waals surface area contributed by atoms with E-state index in [9.17, 15) is 4.79 Å². The molecule has 1 atom stereocenters. The molecule has 1 aliphatic carbocycles. The topological polar surface area (TPSA) is 48.6 Å². The quantitative estimate of drug-likeness (QED) is 0.432. The van der Waals surface area contributed by atoms with Gasteiger partial charge in [0, 0.05) is 0 Å². The van der Waals surface area contributed by atoms with E-state index in [0.717, 1.165) is 18.2 Å². The fourth-order valence-corrected chi connectivity index (χ4v) is 9.33. The maximum Gasteiger partial charge on any atom is -0.412 e. The van der Waals surface area contributed by atoms with Gasteiger partial charge in [-0.3, -0.25) is 0 Å². The van der Waals surface area contributed by atoms with E-state index in [4.69, 9.17) is 0 Å². The van der Waals surface area contributed by atoms with Crippen molar-refractivity contribution in [2.45, 2.75) is 19.0 Å². The monoisotopic (exact) mass is 512 g/mol. The summed E-state index contributed by atoms with van der Waals surface area (Å²) in [5.74, 6) is 2.22. The van der Waals surface area contributed by atoms with Gasteiger partial charge in [0.2, 0.25) is 0 Å². The maximum absolute atomic E-state index is 11.7. The van der Waals surface area contributed by atoms with E-state index >= 15 is 0 Å². The van der Waals surface area contributed by atoms with Crippen molar-refractivity contribution in [3.8, 4) is 0 Å². The average Bonchev–Trinajstić information content (AvgIpc) is 2.67. The number of carbonyl (C=O) groups excluding carboxylic acids is 1. The Balaban J connectivity index is 0.00000225. The molecule has 2 nitrogen and oxygen atoms in total. The number of hydrogen-bond acceptors (Lipinski definition) is 1. The third-order valence-electron chi connectivity index (χ3n) is 4.90. The first-order valence-electron chi connectivity index (χ1n) is 8.54. The fourth-order valence-electron chi connectivity index (χ4n) is 3.90. The molecule has 0 saturated heterocycles. The molecule has 2 aromatic carbocycles. The van der Waals surface area contributed by atoms with Crippen LogP contribution in [0.25, 0.3) is 0 Å². The molecule has 2 N–H and O–H groups in total. The number of halogens is 2. The third-order valence-corrected chi connectivity index (χ3v) is 10.5. The normalized spacial score (nSPS) is 15.6. The Morgan fingerprint density at radius 2 is 1.41 bits per heavy atom. The van der Waals surface area contributed by atoms with Crippen LogP contribution in [-0.2, 0) is 4.79 Å². The predicted molar refractivity (Wildman–Crippen MR) is 131 cm³/mol. The Hall–Kier alpha value is -1.28.